The zero-order chi connectivity index (χ0) is 26.4. The highest BCUT2D eigenvalue weighted by molar-refractivity contribution is 7.07. The molecule has 0 bridgehead atoms. The van der Waals surface area contributed by atoms with E-state index in [0.29, 0.717) is 10.4 Å². The van der Waals surface area contributed by atoms with Crippen molar-refractivity contribution in [2.24, 2.45) is 16.6 Å². The van der Waals surface area contributed by atoms with Crippen molar-refractivity contribution in [3.05, 3.63) is 74.5 Å². The molecule has 0 saturated carbocycles. The van der Waals surface area contributed by atoms with Crippen molar-refractivity contribution in [1.29, 1.82) is 0 Å². The molecule has 3 N–H and O–H groups in total. The summed E-state index contributed by atoms with van der Waals surface area (Å²) in [6.45, 7) is 5.33. The number of anilines is 1. The number of aryl methyl sites for hydroxylation is 1. The molecular formula is C25H27ClN4O5S. The predicted octanol–water partition coefficient (Wildman–Crippen LogP) is 4.00. The Kier molecular flexibility index (Phi) is 9.03. The number of hydrogen-bond acceptors (Lipinski definition) is 7. The number of hydrogen-bond donors (Lipinski definition) is 2. The number of rotatable bonds is 8. The van der Waals surface area contributed by atoms with Crippen LogP contribution < -0.4 is 20.6 Å². The fourth-order valence-corrected chi connectivity index (χ4v) is 4.06. The van der Waals surface area contributed by atoms with Crippen LogP contribution in [0.4, 0.5) is 5.69 Å². The van der Waals surface area contributed by atoms with E-state index in [2.05, 4.69) is 10.3 Å². The van der Waals surface area contributed by atoms with Gasteiger partial charge < -0.3 is 20.5 Å². The molecule has 1 unspecified atom stereocenters. The van der Waals surface area contributed by atoms with E-state index >= 15 is 0 Å². The van der Waals surface area contributed by atoms with Crippen LogP contribution in [0.2, 0.25) is 5.02 Å². The standard InChI is InChI=1S/C25H27ClN4O5S/c1-14(2)21(27)24(33)35-13-30-9-10-36-25(30)29-23(32)17-11-18(26)19(12-20(17)34-4)28-22(31)16-8-6-5-7-15(16)3/h5-12,14,21H,13,27H2,1-4H3,(H,28,31). The van der Waals surface area contributed by atoms with Crippen LogP contribution in [0.15, 0.2) is 53.0 Å². The van der Waals surface area contributed by atoms with Crippen molar-refractivity contribution in [3.63, 3.8) is 0 Å². The second-order valence-corrected chi connectivity index (χ2v) is 9.52. The maximum Gasteiger partial charge on any atom is 0.324 e. The Labute approximate surface area is 217 Å². The summed E-state index contributed by atoms with van der Waals surface area (Å²) >= 11 is 7.58. The summed E-state index contributed by atoms with van der Waals surface area (Å²) in [6.07, 6.45) is 1.64. The van der Waals surface area contributed by atoms with E-state index in [-0.39, 0.29) is 40.6 Å². The summed E-state index contributed by atoms with van der Waals surface area (Å²) in [5, 5.41) is 4.60. The van der Waals surface area contributed by atoms with Gasteiger partial charge in [0.2, 0.25) is 0 Å². The fraction of sp³-hybridized carbons (Fsp3) is 0.280. The highest BCUT2D eigenvalue weighted by atomic mass is 35.5. The molecule has 11 heteroatoms. The molecule has 2 aromatic carbocycles. The second-order valence-electron chi connectivity index (χ2n) is 8.24. The van der Waals surface area contributed by atoms with Crippen molar-refractivity contribution in [2.75, 3.05) is 12.4 Å². The van der Waals surface area contributed by atoms with Crippen LogP contribution in [-0.4, -0.2) is 35.5 Å². The Hall–Kier alpha value is -3.47. The van der Waals surface area contributed by atoms with Crippen LogP contribution in [0.3, 0.4) is 0 Å². The Morgan fingerprint density at radius 3 is 2.58 bits per heavy atom. The number of amides is 2. The van der Waals surface area contributed by atoms with Gasteiger partial charge in [-0.1, -0.05) is 43.6 Å². The van der Waals surface area contributed by atoms with Crippen LogP contribution in [0.1, 0.15) is 40.1 Å². The van der Waals surface area contributed by atoms with Gasteiger partial charge in [0.05, 0.1) is 23.4 Å². The minimum absolute atomic E-state index is 0.0719. The van der Waals surface area contributed by atoms with Crippen molar-refractivity contribution >= 4 is 46.4 Å². The number of ether oxygens (including phenoxy) is 2. The van der Waals surface area contributed by atoms with E-state index < -0.39 is 17.9 Å². The molecule has 9 nitrogen and oxygen atoms in total. The predicted molar refractivity (Wildman–Crippen MR) is 138 cm³/mol. The third kappa shape index (κ3) is 6.39. The second kappa shape index (κ2) is 12.0. The van der Waals surface area contributed by atoms with Crippen molar-refractivity contribution in [2.45, 2.75) is 33.5 Å². The van der Waals surface area contributed by atoms with E-state index in [1.165, 1.54) is 35.1 Å². The lowest BCUT2D eigenvalue weighted by atomic mass is 10.1. The first-order valence-electron chi connectivity index (χ1n) is 11.0. The van der Waals surface area contributed by atoms with Crippen molar-refractivity contribution < 1.29 is 23.9 Å². The third-order valence-electron chi connectivity index (χ3n) is 5.35. The summed E-state index contributed by atoms with van der Waals surface area (Å²) in [7, 11) is 1.40. The molecule has 2 amide bonds. The van der Waals surface area contributed by atoms with Gasteiger partial charge in [0.1, 0.15) is 11.8 Å². The average Bonchev–Trinajstić information content (AvgIpc) is 3.29. The van der Waals surface area contributed by atoms with Gasteiger partial charge in [-0.25, -0.2) is 0 Å². The minimum Gasteiger partial charge on any atom is -0.496 e. The third-order valence-corrected chi connectivity index (χ3v) is 6.46. The van der Waals surface area contributed by atoms with Crippen LogP contribution >= 0.6 is 22.9 Å². The lowest BCUT2D eigenvalue weighted by molar-refractivity contribution is -0.150. The van der Waals surface area contributed by atoms with Gasteiger partial charge in [-0.2, -0.15) is 4.99 Å². The molecule has 3 rings (SSSR count). The first-order chi connectivity index (χ1) is 17.1. The zero-order valence-electron chi connectivity index (χ0n) is 20.3. The molecule has 36 heavy (non-hydrogen) atoms. The van der Waals surface area contributed by atoms with Gasteiger partial charge in [0.25, 0.3) is 11.8 Å². The number of aromatic nitrogens is 1. The Morgan fingerprint density at radius 2 is 1.92 bits per heavy atom. The van der Waals surface area contributed by atoms with Gasteiger partial charge in [0.15, 0.2) is 11.5 Å². The number of thiazole rings is 1. The number of benzene rings is 2. The van der Waals surface area contributed by atoms with E-state index in [0.717, 1.165) is 5.56 Å². The Balaban J connectivity index is 1.83. The average molecular weight is 531 g/mol. The van der Waals surface area contributed by atoms with Gasteiger partial charge >= 0.3 is 5.97 Å². The van der Waals surface area contributed by atoms with E-state index in [1.807, 2.05) is 32.9 Å². The molecule has 0 spiro atoms. The number of methoxy groups -OCH3 is 1. The lowest BCUT2D eigenvalue weighted by Crippen LogP contribution is -2.37. The minimum atomic E-state index is -0.748. The van der Waals surface area contributed by atoms with Gasteiger partial charge in [0, 0.05) is 23.2 Å². The molecule has 1 aromatic heterocycles. The number of nitrogens with one attached hydrogen (secondary N) is 1. The first kappa shape index (κ1) is 27.1. The summed E-state index contributed by atoms with van der Waals surface area (Å²) in [5.41, 5.74) is 7.52. The van der Waals surface area contributed by atoms with E-state index in [9.17, 15) is 14.4 Å². The Morgan fingerprint density at radius 1 is 1.19 bits per heavy atom. The highest BCUT2D eigenvalue weighted by Crippen LogP contribution is 2.32. The molecule has 0 aliphatic rings. The van der Waals surface area contributed by atoms with Crippen LogP contribution in [0, 0.1) is 12.8 Å². The van der Waals surface area contributed by atoms with Gasteiger partial charge in [-0.05, 0) is 30.5 Å². The van der Waals surface area contributed by atoms with Crippen molar-refractivity contribution in [1.82, 2.24) is 4.57 Å². The SMILES string of the molecule is COc1cc(NC(=O)c2ccccc2C)c(Cl)cc1C(=O)N=c1sccn1COC(=O)C(N)C(C)C. The molecule has 0 saturated heterocycles. The molecule has 0 aliphatic carbocycles. The smallest absolute Gasteiger partial charge is 0.324 e. The molecule has 1 atom stereocenters. The zero-order valence-corrected chi connectivity index (χ0v) is 21.9. The lowest BCUT2D eigenvalue weighted by Gasteiger charge is -2.14. The molecular weight excluding hydrogens is 504 g/mol. The fourth-order valence-electron chi connectivity index (χ4n) is 3.14. The number of nitrogens with zero attached hydrogens (tertiary/aromatic N) is 2. The quantitative estimate of drug-likeness (QED) is 0.424. The molecule has 0 fully saturated rings. The number of carbonyl (C=O) groups is 3. The number of nitrogens with two attached hydrogens (primary N) is 1. The summed E-state index contributed by atoms with van der Waals surface area (Å²) < 4.78 is 12.1. The van der Waals surface area contributed by atoms with Crippen LogP contribution in [-0.2, 0) is 16.3 Å². The van der Waals surface area contributed by atoms with E-state index in [1.54, 1.807) is 23.7 Å². The Bertz CT molecular complexity index is 1350. The van der Waals surface area contributed by atoms with Crippen molar-refractivity contribution in [3.8, 4) is 5.75 Å². The normalized spacial score (nSPS) is 12.4. The summed E-state index contributed by atoms with van der Waals surface area (Å²) in [5.74, 6) is -1.39. The monoisotopic (exact) mass is 530 g/mol. The van der Waals surface area contributed by atoms with E-state index in [4.69, 9.17) is 26.8 Å². The maximum absolute atomic E-state index is 13.0. The van der Waals surface area contributed by atoms with Gasteiger partial charge in [-0.15, -0.1) is 11.3 Å². The van der Waals surface area contributed by atoms with Crippen LogP contribution in [0.5, 0.6) is 5.75 Å². The topological polar surface area (TPSA) is 125 Å². The van der Waals surface area contributed by atoms with Crippen LogP contribution in [0.25, 0.3) is 0 Å². The molecule has 190 valence electrons. The van der Waals surface area contributed by atoms with Gasteiger partial charge in [-0.3, -0.25) is 19.0 Å². The molecule has 0 aliphatic heterocycles. The first-order valence-corrected chi connectivity index (χ1v) is 12.3. The summed E-state index contributed by atoms with van der Waals surface area (Å²) in [6, 6.07) is 9.26. The largest absolute Gasteiger partial charge is 0.496 e. The highest BCUT2D eigenvalue weighted by Gasteiger charge is 2.20. The number of carbonyl (C=O) groups excluding carboxylic acids is 3. The number of halogens is 1. The molecule has 1 heterocycles. The molecule has 0 radical (unpaired) electrons. The molecule has 3 aromatic rings. The number of esters is 1. The maximum atomic E-state index is 13.0. The summed E-state index contributed by atoms with van der Waals surface area (Å²) in [4.78, 5) is 42.2.